The van der Waals surface area contributed by atoms with Crippen molar-refractivity contribution in [3.05, 3.63) is 63.7 Å². The van der Waals surface area contributed by atoms with Crippen LogP contribution in [0.15, 0.2) is 42.5 Å². The number of phenols is 1. The predicted molar refractivity (Wildman–Crippen MR) is 78.4 cm³/mol. The Bertz CT molecular complexity index is 700. The van der Waals surface area contributed by atoms with Crippen molar-refractivity contribution in [3.63, 3.8) is 0 Å². The molecule has 0 aliphatic carbocycles. The molecular weight excluding hydrogens is 313 g/mol. The van der Waals surface area contributed by atoms with Crippen LogP contribution in [-0.2, 0) is 12.6 Å². The van der Waals surface area contributed by atoms with Gasteiger partial charge in [-0.3, -0.25) is 10.1 Å². The van der Waals surface area contributed by atoms with E-state index in [1.165, 1.54) is 12.1 Å². The summed E-state index contributed by atoms with van der Waals surface area (Å²) in [4.78, 5) is 10.1. The minimum atomic E-state index is -4.63. The Morgan fingerprint density at radius 3 is 2.35 bits per heavy atom. The number of aromatic hydroxyl groups is 1. The van der Waals surface area contributed by atoms with Gasteiger partial charge in [-0.05, 0) is 36.2 Å². The normalized spacial score (nSPS) is 11.3. The number of halogens is 3. The minimum Gasteiger partial charge on any atom is -0.508 e. The first-order valence-corrected chi connectivity index (χ1v) is 6.65. The average molecular weight is 326 g/mol. The second kappa shape index (κ2) is 6.55. The molecule has 0 aliphatic heterocycles. The van der Waals surface area contributed by atoms with Gasteiger partial charge >= 0.3 is 6.18 Å². The summed E-state index contributed by atoms with van der Waals surface area (Å²) in [7, 11) is 0. The summed E-state index contributed by atoms with van der Waals surface area (Å²) in [5.74, 6) is 0.125. The molecule has 8 heteroatoms. The molecule has 122 valence electrons. The molecule has 0 amide bonds. The molecule has 0 heterocycles. The van der Waals surface area contributed by atoms with Crippen molar-refractivity contribution >= 4 is 11.4 Å². The molecule has 0 saturated heterocycles. The lowest BCUT2D eigenvalue weighted by Crippen LogP contribution is -2.09. The fraction of sp³-hybridized carbons (Fsp3) is 0.200. The molecular formula is C15H13F3N2O3. The SMILES string of the molecule is O=[N+]([O-])c1cc(C(F)(F)F)ccc1NCCc1ccc(O)cc1. The zero-order valence-electron chi connectivity index (χ0n) is 11.8. The van der Waals surface area contributed by atoms with E-state index in [-0.39, 0.29) is 11.4 Å². The van der Waals surface area contributed by atoms with Gasteiger partial charge < -0.3 is 10.4 Å². The van der Waals surface area contributed by atoms with E-state index in [0.717, 1.165) is 17.7 Å². The number of nitrogens with zero attached hydrogens (tertiary/aromatic N) is 1. The number of phenolic OH excluding ortho intramolecular Hbond substituents is 1. The van der Waals surface area contributed by atoms with Crippen LogP contribution in [0.2, 0.25) is 0 Å². The topological polar surface area (TPSA) is 75.4 Å². The van der Waals surface area contributed by atoms with E-state index in [1.807, 2.05) is 0 Å². The van der Waals surface area contributed by atoms with E-state index in [4.69, 9.17) is 5.11 Å². The van der Waals surface area contributed by atoms with Gasteiger partial charge in [0.2, 0.25) is 0 Å². The van der Waals surface area contributed by atoms with E-state index >= 15 is 0 Å². The number of alkyl halides is 3. The van der Waals surface area contributed by atoms with E-state index in [0.29, 0.717) is 19.0 Å². The van der Waals surface area contributed by atoms with Gasteiger partial charge in [-0.2, -0.15) is 13.2 Å². The molecule has 2 aromatic rings. The van der Waals surface area contributed by atoms with Crippen LogP contribution in [0.5, 0.6) is 5.75 Å². The Balaban J connectivity index is 2.10. The Morgan fingerprint density at radius 2 is 1.78 bits per heavy atom. The molecule has 0 radical (unpaired) electrons. The molecule has 0 fully saturated rings. The quantitative estimate of drug-likeness (QED) is 0.644. The summed E-state index contributed by atoms with van der Waals surface area (Å²) in [6.45, 7) is 0.303. The molecule has 2 N–H and O–H groups in total. The highest BCUT2D eigenvalue weighted by Crippen LogP contribution is 2.34. The van der Waals surface area contributed by atoms with E-state index in [2.05, 4.69) is 5.32 Å². The van der Waals surface area contributed by atoms with Gasteiger partial charge in [-0.15, -0.1) is 0 Å². The van der Waals surface area contributed by atoms with E-state index in [9.17, 15) is 23.3 Å². The van der Waals surface area contributed by atoms with Crippen LogP contribution in [0, 0.1) is 10.1 Å². The van der Waals surface area contributed by atoms with Gasteiger partial charge in [-0.25, -0.2) is 0 Å². The van der Waals surface area contributed by atoms with Crippen LogP contribution in [0.25, 0.3) is 0 Å². The highest BCUT2D eigenvalue weighted by Gasteiger charge is 2.32. The Kier molecular flexibility index (Phi) is 4.73. The van der Waals surface area contributed by atoms with Gasteiger partial charge in [0, 0.05) is 12.6 Å². The molecule has 0 saturated carbocycles. The number of nitro groups is 1. The van der Waals surface area contributed by atoms with Crippen molar-refractivity contribution < 1.29 is 23.2 Å². The number of hydrogen-bond donors (Lipinski definition) is 2. The third-order valence-electron chi connectivity index (χ3n) is 3.19. The van der Waals surface area contributed by atoms with Crippen molar-refractivity contribution in [2.75, 3.05) is 11.9 Å². The van der Waals surface area contributed by atoms with Gasteiger partial charge in [-0.1, -0.05) is 12.1 Å². The van der Waals surface area contributed by atoms with Crippen molar-refractivity contribution in [2.24, 2.45) is 0 Å². The van der Waals surface area contributed by atoms with Crippen molar-refractivity contribution in [1.82, 2.24) is 0 Å². The monoisotopic (exact) mass is 326 g/mol. The van der Waals surface area contributed by atoms with Crippen LogP contribution in [0.3, 0.4) is 0 Å². The molecule has 0 spiro atoms. The average Bonchev–Trinajstić information content (AvgIpc) is 2.48. The first-order chi connectivity index (χ1) is 10.8. The first-order valence-electron chi connectivity index (χ1n) is 6.65. The summed E-state index contributed by atoms with van der Waals surface area (Å²) in [6.07, 6.45) is -4.13. The second-order valence-electron chi connectivity index (χ2n) is 4.83. The lowest BCUT2D eigenvalue weighted by Gasteiger charge is -2.10. The predicted octanol–water partition coefficient (Wildman–Crippen LogP) is 3.97. The van der Waals surface area contributed by atoms with Gasteiger partial charge in [0.25, 0.3) is 5.69 Å². The van der Waals surface area contributed by atoms with Crippen LogP contribution < -0.4 is 5.32 Å². The van der Waals surface area contributed by atoms with Crippen LogP contribution in [0.4, 0.5) is 24.5 Å². The third-order valence-corrected chi connectivity index (χ3v) is 3.19. The molecule has 0 atom stereocenters. The molecule has 0 bridgehead atoms. The minimum absolute atomic E-state index is 0.0294. The summed E-state index contributed by atoms with van der Waals surface area (Å²) < 4.78 is 37.8. The maximum Gasteiger partial charge on any atom is 0.416 e. The third kappa shape index (κ3) is 4.35. The van der Waals surface area contributed by atoms with Gasteiger partial charge in [0.15, 0.2) is 0 Å². The van der Waals surface area contributed by atoms with E-state index < -0.39 is 22.4 Å². The molecule has 0 aromatic heterocycles. The maximum absolute atomic E-state index is 12.6. The highest BCUT2D eigenvalue weighted by molar-refractivity contribution is 5.63. The number of anilines is 1. The Morgan fingerprint density at radius 1 is 1.13 bits per heavy atom. The summed E-state index contributed by atoms with van der Waals surface area (Å²) in [5, 5.41) is 22.9. The molecule has 5 nitrogen and oxygen atoms in total. The molecule has 2 rings (SSSR count). The number of nitro benzene ring substituents is 1. The molecule has 23 heavy (non-hydrogen) atoms. The standard InChI is InChI=1S/C15H13F3N2O3/c16-15(17,18)11-3-6-13(14(9-11)20(22)23)19-8-7-10-1-4-12(21)5-2-10/h1-6,9,19,21H,7-8H2. The van der Waals surface area contributed by atoms with Gasteiger partial charge in [0.1, 0.15) is 11.4 Å². The van der Waals surface area contributed by atoms with Crippen LogP contribution in [-0.4, -0.2) is 16.6 Å². The van der Waals surface area contributed by atoms with Crippen molar-refractivity contribution in [3.8, 4) is 5.75 Å². The number of hydrogen-bond acceptors (Lipinski definition) is 4. The Labute approximate surface area is 129 Å². The maximum atomic E-state index is 12.6. The van der Waals surface area contributed by atoms with Gasteiger partial charge in [0.05, 0.1) is 10.5 Å². The highest BCUT2D eigenvalue weighted by atomic mass is 19.4. The largest absolute Gasteiger partial charge is 0.508 e. The van der Waals surface area contributed by atoms with Crippen molar-refractivity contribution in [2.45, 2.75) is 12.6 Å². The zero-order chi connectivity index (χ0) is 17.0. The smallest absolute Gasteiger partial charge is 0.416 e. The summed E-state index contributed by atoms with van der Waals surface area (Å²) >= 11 is 0. The van der Waals surface area contributed by atoms with E-state index in [1.54, 1.807) is 12.1 Å². The molecule has 2 aromatic carbocycles. The first kappa shape index (κ1) is 16.6. The number of nitrogens with one attached hydrogen (secondary N) is 1. The zero-order valence-corrected chi connectivity index (χ0v) is 11.8. The van der Waals surface area contributed by atoms with Crippen LogP contribution in [0.1, 0.15) is 11.1 Å². The number of benzene rings is 2. The summed E-state index contributed by atoms with van der Waals surface area (Å²) in [5.41, 5.74) is -0.773. The van der Waals surface area contributed by atoms with Crippen LogP contribution >= 0.6 is 0 Å². The van der Waals surface area contributed by atoms with Crippen molar-refractivity contribution in [1.29, 1.82) is 0 Å². The fourth-order valence-electron chi connectivity index (χ4n) is 2.01. The second-order valence-corrected chi connectivity index (χ2v) is 4.83. The lowest BCUT2D eigenvalue weighted by atomic mass is 10.1. The fourth-order valence-corrected chi connectivity index (χ4v) is 2.01. The summed E-state index contributed by atoms with van der Waals surface area (Å²) in [6, 6.07) is 8.78. The molecule has 0 aliphatic rings. The lowest BCUT2D eigenvalue weighted by molar-refractivity contribution is -0.384. The molecule has 0 unspecified atom stereocenters. The number of rotatable bonds is 5. The Hall–Kier alpha value is -2.77.